The summed E-state index contributed by atoms with van der Waals surface area (Å²) < 4.78 is 10.2. The quantitative estimate of drug-likeness (QED) is 0.726. The minimum absolute atomic E-state index is 0.237. The number of anilines is 2. The molecule has 1 heterocycles. The van der Waals surface area contributed by atoms with Crippen molar-refractivity contribution in [3.05, 3.63) is 77.7 Å². The molecule has 0 atom stereocenters. The fourth-order valence-electron chi connectivity index (χ4n) is 2.40. The molecule has 0 aliphatic heterocycles. The van der Waals surface area contributed by atoms with E-state index in [0.29, 0.717) is 28.3 Å². The van der Waals surface area contributed by atoms with Crippen molar-refractivity contribution >= 4 is 23.2 Å². The Kier molecular flexibility index (Phi) is 5.03. The van der Waals surface area contributed by atoms with Crippen LogP contribution >= 0.6 is 0 Å². The highest BCUT2D eigenvalue weighted by atomic mass is 16.5. The molecule has 0 aliphatic carbocycles. The first-order valence-electron chi connectivity index (χ1n) is 7.98. The number of ether oxygens (including phenoxy) is 1. The van der Waals surface area contributed by atoms with Crippen LogP contribution in [0.3, 0.4) is 0 Å². The molecule has 0 radical (unpaired) electrons. The van der Waals surface area contributed by atoms with E-state index in [1.807, 2.05) is 0 Å². The molecule has 3 rings (SSSR count). The van der Waals surface area contributed by atoms with Gasteiger partial charge in [0.2, 0.25) is 0 Å². The fourth-order valence-corrected chi connectivity index (χ4v) is 2.40. The third kappa shape index (κ3) is 3.92. The normalized spacial score (nSPS) is 10.2. The molecule has 6 nitrogen and oxygen atoms in total. The number of rotatable bonds is 5. The Bertz CT molecular complexity index is 912. The maximum Gasteiger partial charge on any atom is 0.259 e. The summed E-state index contributed by atoms with van der Waals surface area (Å²) in [6.45, 7) is 1.72. The number of methoxy groups -OCH3 is 1. The van der Waals surface area contributed by atoms with Crippen LogP contribution in [-0.4, -0.2) is 18.9 Å². The summed E-state index contributed by atoms with van der Waals surface area (Å²) in [5.41, 5.74) is 2.23. The Morgan fingerprint density at radius 1 is 0.846 bits per heavy atom. The predicted octanol–water partition coefficient (Wildman–Crippen LogP) is 4.10. The molecular formula is C20H18N2O4. The van der Waals surface area contributed by atoms with Gasteiger partial charge in [-0.15, -0.1) is 0 Å². The molecule has 0 saturated heterocycles. The van der Waals surface area contributed by atoms with Crippen LogP contribution in [0.5, 0.6) is 5.75 Å². The number of hydrogen-bond donors (Lipinski definition) is 2. The molecule has 26 heavy (non-hydrogen) atoms. The second-order valence-corrected chi connectivity index (χ2v) is 5.60. The zero-order chi connectivity index (χ0) is 18.5. The van der Waals surface area contributed by atoms with Gasteiger partial charge in [-0.3, -0.25) is 9.59 Å². The zero-order valence-electron chi connectivity index (χ0n) is 14.4. The molecule has 0 fully saturated rings. The largest absolute Gasteiger partial charge is 0.497 e. The number of carbonyl (C=O) groups is 2. The lowest BCUT2D eigenvalue weighted by Crippen LogP contribution is -2.13. The van der Waals surface area contributed by atoms with Crippen molar-refractivity contribution in [3.63, 3.8) is 0 Å². The highest BCUT2D eigenvalue weighted by Gasteiger charge is 2.12. The summed E-state index contributed by atoms with van der Waals surface area (Å²) in [6.07, 6.45) is 1.47. The first-order chi connectivity index (χ1) is 12.6. The first kappa shape index (κ1) is 17.3. The van der Waals surface area contributed by atoms with Crippen LogP contribution in [0, 0.1) is 6.92 Å². The van der Waals surface area contributed by atoms with E-state index in [2.05, 4.69) is 10.6 Å². The summed E-state index contributed by atoms with van der Waals surface area (Å²) in [7, 11) is 1.59. The first-order valence-corrected chi connectivity index (χ1v) is 7.98. The average Bonchev–Trinajstić information content (AvgIpc) is 3.09. The summed E-state index contributed by atoms with van der Waals surface area (Å²) >= 11 is 0. The van der Waals surface area contributed by atoms with Gasteiger partial charge >= 0.3 is 0 Å². The SMILES string of the molecule is COc1ccc(NC(=O)c2ccc(NC(=O)c3ccoc3C)cc2)cc1. The van der Waals surface area contributed by atoms with Crippen molar-refractivity contribution in [2.24, 2.45) is 0 Å². The van der Waals surface area contributed by atoms with Crippen molar-refractivity contribution in [2.75, 3.05) is 17.7 Å². The summed E-state index contributed by atoms with van der Waals surface area (Å²) in [6, 6.07) is 15.3. The number of furan rings is 1. The second kappa shape index (κ2) is 7.57. The Morgan fingerprint density at radius 2 is 1.42 bits per heavy atom. The third-order valence-corrected chi connectivity index (χ3v) is 3.86. The van der Waals surface area contributed by atoms with Gasteiger partial charge in [0.25, 0.3) is 11.8 Å². The Hall–Kier alpha value is -3.54. The summed E-state index contributed by atoms with van der Waals surface area (Å²) in [5.74, 6) is 0.777. The molecule has 0 saturated carbocycles. The van der Waals surface area contributed by atoms with Crippen LogP contribution in [0.1, 0.15) is 26.5 Å². The number of amides is 2. The van der Waals surface area contributed by atoms with E-state index in [1.54, 1.807) is 68.6 Å². The van der Waals surface area contributed by atoms with Crippen molar-refractivity contribution < 1.29 is 18.7 Å². The minimum atomic E-state index is -0.258. The lowest BCUT2D eigenvalue weighted by Gasteiger charge is -2.08. The van der Waals surface area contributed by atoms with Gasteiger partial charge in [0.05, 0.1) is 18.9 Å². The molecule has 1 aromatic heterocycles. The van der Waals surface area contributed by atoms with Crippen LogP contribution in [0.4, 0.5) is 11.4 Å². The summed E-state index contributed by atoms with van der Waals surface area (Å²) in [4.78, 5) is 24.4. The lowest BCUT2D eigenvalue weighted by molar-refractivity contribution is 0.101. The molecule has 0 aliphatic rings. The lowest BCUT2D eigenvalue weighted by atomic mass is 10.1. The molecule has 2 N–H and O–H groups in total. The monoisotopic (exact) mass is 350 g/mol. The van der Waals surface area contributed by atoms with E-state index in [9.17, 15) is 9.59 Å². The Labute approximate surface area is 150 Å². The Balaban J connectivity index is 1.63. The molecule has 0 spiro atoms. The predicted molar refractivity (Wildman–Crippen MR) is 98.8 cm³/mol. The van der Waals surface area contributed by atoms with Gasteiger partial charge in [0.1, 0.15) is 11.5 Å². The molecule has 132 valence electrons. The van der Waals surface area contributed by atoms with E-state index in [1.165, 1.54) is 6.26 Å². The zero-order valence-corrected chi connectivity index (χ0v) is 14.4. The number of benzene rings is 2. The smallest absolute Gasteiger partial charge is 0.259 e. The maximum atomic E-state index is 12.3. The third-order valence-electron chi connectivity index (χ3n) is 3.86. The topological polar surface area (TPSA) is 80.6 Å². The molecule has 2 amide bonds. The minimum Gasteiger partial charge on any atom is -0.497 e. The van der Waals surface area contributed by atoms with E-state index < -0.39 is 0 Å². The van der Waals surface area contributed by atoms with Crippen molar-refractivity contribution in [1.82, 2.24) is 0 Å². The number of nitrogens with one attached hydrogen (secondary N) is 2. The van der Waals surface area contributed by atoms with Gasteiger partial charge < -0.3 is 19.8 Å². The van der Waals surface area contributed by atoms with Crippen LogP contribution in [0.15, 0.2) is 65.3 Å². The van der Waals surface area contributed by atoms with Crippen molar-refractivity contribution in [2.45, 2.75) is 6.92 Å². The number of hydrogen-bond acceptors (Lipinski definition) is 4. The van der Waals surface area contributed by atoms with Crippen molar-refractivity contribution in [1.29, 1.82) is 0 Å². The number of aryl methyl sites for hydroxylation is 1. The van der Waals surface area contributed by atoms with E-state index in [4.69, 9.17) is 9.15 Å². The average molecular weight is 350 g/mol. The van der Waals surface area contributed by atoms with Crippen molar-refractivity contribution in [3.8, 4) is 5.75 Å². The van der Waals surface area contributed by atoms with Gasteiger partial charge in [0, 0.05) is 16.9 Å². The van der Waals surface area contributed by atoms with Crippen LogP contribution < -0.4 is 15.4 Å². The molecule has 2 aromatic carbocycles. The molecular weight excluding hydrogens is 332 g/mol. The van der Waals surface area contributed by atoms with E-state index in [0.717, 1.165) is 5.75 Å². The molecule has 0 unspecified atom stereocenters. The van der Waals surface area contributed by atoms with E-state index in [-0.39, 0.29) is 11.8 Å². The second-order valence-electron chi connectivity index (χ2n) is 5.60. The fraction of sp³-hybridized carbons (Fsp3) is 0.100. The Morgan fingerprint density at radius 3 is 1.96 bits per heavy atom. The molecule has 3 aromatic rings. The van der Waals surface area contributed by atoms with Gasteiger partial charge in [-0.2, -0.15) is 0 Å². The standard InChI is InChI=1S/C20H18N2O4/c1-13-18(11-12-26-13)20(24)22-15-5-3-14(4-6-15)19(23)21-16-7-9-17(25-2)10-8-16/h3-12H,1-2H3,(H,21,23)(H,22,24). The van der Waals surface area contributed by atoms with Gasteiger partial charge in [-0.05, 0) is 61.5 Å². The van der Waals surface area contributed by atoms with E-state index >= 15 is 0 Å². The maximum absolute atomic E-state index is 12.3. The van der Waals surface area contributed by atoms with Gasteiger partial charge in [0.15, 0.2) is 0 Å². The summed E-state index contributed by atoms with van der Waals surface area (Å²) in [5, 5.41) is 5.57. The van der Waals surface area contributed by atoms with Crippen LogP contribution in [-0.2, 0) is 0 Å². The molecule has 0 bridgehead atoms. The van der Waals surface area contributed by atoms with Gasteiger partial charge in [-0.1, -0.05) is 0 Å². The van der Waals surface area contributed by atoms with Gasteiger partial charge in [-0.25, -0.2) is 0 Å². The van der Waals surface area contributed by atoms with Crippen LogP contribution in [0.2, 0.25) is 0 Å². The highest BCUT2D eigenvalue weighted by Crippen LogP contribution is 2.17. The number of carbonyl (C=O) groups excluding carboxylic acids is 2. The highest BCUT2D eigenvalue weighted by molar-refractivity contribution is 6.06. The van der Waals surface area contributed by atoms with Crippen LogP contribution in [0.25, 0.3) is 0 Å². The molecule has 6 heteroatoms.